The lowest BCUT2D eigenvalue weighted by molar-refractivity contribution is -0.118. The van der Waals surface area contributed by atoms with E-state index in [1.165, 1.54) is 18.0 Å². The van der Waals surface area contributed by atoms with Gasteiger partial charge in [-0.05, 0) is 36.4 Å². The maximum Gasteiger partial charge on any atom is 0.250 e. The van der Waals surface area contributed by atoms with Crippen molar-refractivity contribution in [2.24, 2.45) is 5.10 Å². The molecule has 0 spiro atoms. The number of hydrogen-bond acceptors (Lipinski definition) is 5. The normalized spacial score (nSPS) is 11.7. The average molecular weight is 326 g/mol. The number of thioether (sulfide) groups is 1. The van der Waals surface area contributed by atoms with E-state index in [4.69, 9.17) is 4.42 Å². The molecule has 1 aromatic carbocycles. The Morgan fingerprint density at radius 1 is 1.35 bits per heavy atom. The summed E-state index contributed by atoms with van der Waals surface area (Å²) in [6.07, 6.45) is 6.52. The number of fused-ring (bicyclic) bond motifs is 1. The maximum atomic E-state index is 11.7. The van der Waals surface area contributed by atoms with E-state index >= 15 is 0 Å². The van der Waals surface area contributed by atoms with Crippen LogP contribution < -0.4 is 5.43 Å². The fraction of sp³-hybridized carbons (Fsp3) is 0.0625. The minimum absolute atomic E-state index is 0.196. The number of carbonyl (C=O) groups excluding carboxylic acids is 1. The molecule has 7 heteroatoms. The van der Waals surface area contributed by atoms with Crippen LogP contribution in [0.5, 0.6) is 0 Å². The molecule has 2 N–H and O–H groups in total. The number of hydrogen-bond donors (Lipinski definition) is 2. The smallest absolute Gasteiger partial charge is 0.250 e. The number of carbonyl (C=O) groups is 1. The van der Waals surface area contributed by atoms with E-state index in [0.29, 0.717) is 5.16 Å². The number of aromatic nitrogens is 2. The summed E-state index contributed by atoms with van der Waals surface area (Å²) in [6.45, 7) is 0. The van der Waals surface area contributed by atoms with Gasteiger partial charge in [0.1, 0.15) is 5.76 Å². The molecule has 6 nitrogen and oxygen atoms in total. The minimum Gasteiger partial charge on any atom is -0.465 e. The van der Waals surface area contributed by atoms with Gasteiger partial charge in [0.05, 0.1) is 23.0 Å². The molecule has 0 aliphatic rings. The summed E-state index contributed by atoms with van der Waals surface area (Å²) in [5.41, 5.74) is 4.29. The maximum absolute atomic E-state index is 11.7. The number of imidazole rings is 1. The second kappa shape index (κ2) is 7.46. The number of hydrazone groups is 1. The molecule has 3 aromatic rings. The summed E-state index contributed by atoms with van der Waals surface area (Å²) >= 11 is 1.33. The Kier molecular flexibility index (Phi) is 4.90. The average Bonchev–Trinajstić information content (AvgIpc) is 3.21. The van der Waals surface area contributed by atoms with Crippen LogP contribution in [0.3, 0.4) is 0 Å². The van der Waals surface area contributed by atoms with Crippen LogP contribution in [0, 0.1) is 0 Å². The first-order valence-electron chi connectivity index (χ1n) is 6.91. The molecule has 1 amide bonds. The van der Waals surface area contributed by atoms with Gasteiger partial charge in [0, 0.05) is 6.21 Å². The summed E-state index contributed by atoms with van der Waals surface area (Å²) in [5.74, 6) is 0.764. The number of para-hydroxylation sites is 2. The topological polar surface area (TPSA) is 83.3 Å². The van der Waals surface area contributed by atoms with Crippen molar-refractivity contribution in [3.8, 4) is 0 Å². The molecule has 0 bridgehead atoms. The summed E-state index contributed by atoms with van der Waals surface area (Å²) < 4.78 is 5.12. The van der Waals surface area contributed by atoms with Gasteiger partial charge in [0.25, 0.3) is 5.91 Å². The van der Waals surface area contributed by atoms with Crippen molar-refractivity contribution in [1.82, 2.24) is 15.4 Å². The van der Waals surface area contributed by atoms with Crippen LogP contribution in [0.25, 0.3) is 17.1 Å². The van der Waals surface area contributed by atoms with Crippen LogP contribution >= 0.6 is 11.8 Å². The van der Waals surface area contributed by atoms with E-state index in [1.54, 1.807) is 24.5 Å². The molecule has 0 aliphatic heterocycles. The second-order valence-corrected chi connectivity index (χ2v) is 5.50. The zero-order valence-electron chi connectivity index (χ0n) is 12.1. The van der Waals surface area contributed by atoms with Gasteiger partial charge < -0.3 is 9.40 Å². The molecule has 2 heterocycles. The van der Waals surface area contributed by atoms with E-state index < -0.39 is 0 Å². The summed E-state index contributed by atoms with van der Waals surface area (Å²) in [6, 6.07) is 11.4. The molecule has 0 unspecified atom stereocenters. The third-order valence-corrected chi connectivity index (χ3v) is 3.73. The number of nitrogens with zero attached hydrogens (tertiary/aromatic N) is 2. The first-order valence-corrected chi connectivity index (χ1v) is 7.89. The van der Waals surface area contributed by atoms with Crippen molar-refractivity contribution in [1.29, 1.82) is 0 Å². The van der Waals surface area contributed by atoms with Crippen LogP contribution in [-0.4, -0.2) is 27.8 Å². The summed E-state index contributed by atoms with van der Waals surface area (Å²) in [4.78, 5) is 19.2. The number of furan rings is 1. The zero-order chi connectivity index (χ0) is 15.9. The van der Waals surface area contributed by atoms with Crippen LogP contribution in [0.2, 0.25) is 0 Å². The van der Waals surface area contributed by atoms with Crippen molar-refractivity contribution >= 4 is 41.0 Å². The molecule has 0 aliphatic carbocycles. The predicted molar refractivity (Wildman–Crippen MR) is 91.2 cm³/mol. The van der Waals surface area contributed by atoms with Gasteiger partial charge in [-0.3, -0.25) is 4.79 Å². The summed E-state index contributed by atoms with van der Waals surface area (Å²) in [5, 5.41) is 4.54. The lowest BCUT2D eigenvalue weighted by Crippen LogP contribution is -2.19. The zero-order valence-corrected chi connectivity index (χ0v) is 12.9. The van der Waals surface area contributed by atoms with Gasteiger partial charge in [-0.15, -0.1) is 0 Å². The molecule has 3 rings (SSSR count). The van der Waals surface area contributed by atoms with Crippen molar-refractivity contribution < 1.29 is 9.21 Å². The van der Waals surface area contributed by atoms with E-state index in [0.717, 1.165) is 16.8 Å². The Morgan fingerprint density at radius 2 is 2.26 bits per heavy atom. The van der Waals surface area contributed by atoms with Crippen molar-refractivity contribution in [2.45, 2.75) is 5.16 Å². The summed E-state index contributed by atoms with van der Waals surface area (Å²) in [7, 11) is 0. The molecule has 0 fully saturated rings. The Balaban J connectivity index is 1.44. The quantitative estimate of drug-likeness (QED) is 0.414. The Morgan fingerprint density at radius 3 is 3.09 bits per heavy atom. The highest BCUT2D eigenvalue weighted by atomic mass is 32.2. The highest BCUT2D eigenvalue weighted by molar-refractivity contribution is 7.99. The number of amides is 1. The first kappa shape index (κ1) is 15.1. The predicted octanol–water partition coefficient (Wildman–Crippen LogP) is 3.06. The fourth-order valence-electron chi connectivity index (χ4n) is 1.84. The van der Waals surface area contributed by atoms with Crippen LogP contribution in [-0.2, 0) is 4.79 Å². The fourth-order valence-corrected chi connectivity index (χ4v) is 2.52. The lowest BCUT2D eigenvalue weighted by atomic mass is 10.3. The second-order valence-electron chi connectivity index (χ2n) is 4.54. The van der Waals surface area contributed by atoms with Gasteiger partial charge in [-0.25, -0.2) is 10.4 Å². The van der Waals surface area contributed by atoms with E-state index in [2.05, 4.69) is 20.5 Å². The molecule has 0 saturated carbocycles. The highest BCUT2D eigenvalue weighted by Gasteiger charge is 2.05. The molecule has 2 aromatic heterocycles. The van der Waals surface area contributed by atoms with E-state index in [-0.39, 0.29) is 11.7 Å². The van der Waals surface area contributed by atoms with Gasteiger partial charge in [0.2, 0.25) is 0 Å². The number of aromatic amines is 1. The third-order valence-electron chi connectivity index (χ3n) is 2.86. The molecular weight excluding hydrogens is 312 g/mol. The monoisotopic (exact) mass is 326 g/mol. The van der Waals surface area contributed by atoms with Crippen molar-refractivity contribution in [2.75, 3.05) is 5.75 Å². The van der Waals surface area contributed by atoms with Crippen LogP contribution in [0.4, 0.5) is 0 Å². The van der Waals surface area contributed by atoms with Crippen molar-refractivity contribution in [3.63, 3.8) is 0 Å². The van der Waals surface area contributed by atoms with Crippen LogP contribution in [0.15, 0.2) is 63.4 Å². The third kappa shape index (κ3) is 4.33. The van der Waals surface area contributed by atoms with E-state index in [9.17, 15) is 4.79 Å². The lowest BCUT2D eigenvalue weighted by Gasteiger charge is -1.96. The Labute approximate surface area is 136 Å². The molecule has 0 saturated heterocycles. The Bertz CT molecular complexity index is 804. The van der Waals surface area contributed by atoms with Crippen molar-refractivity contribution in [3.05, 3.63) is 54.5 Å². The van der Waals surface area contributed by atoms with Gasteiger partial charge in [-0.2, -0.15) is 5.10 Å². The molecule has 23 heavy (non-hydrogen) atoms. The van der Waals surface area contributed by atoms with Crippen LogP contribution in [0.1, 0.15) is 5.76 Å². The molecule has 116 valence electrons. The number of H-pyrrole nitrogens is 1. The van der Waals surface area contributed by atoms with E-state index in [1.807, 2.05) is 30.3 Å². The standard InChI is InChI=1S/C16H14N4O2S/c21-15(20-17-9-3-5-12-6-4-10-22-12)11-23-16-18-13-7-1-2-8-14(13)19-16/h1-10H,11H2,(H,18,19)(H,20,21)/b5-3-,17-9+. The molecule has 0 radical (unpaired) electrons. The highest BCUT2D eigenvalue weighted by Crippen LogP contribution is 2.18. The van der Waals surface area contributed by atoms with Gasteiger partial charge >= 0.3 is 0 Å². The number of rotatable bonds is 6. The molecule has 0 atom stereocenters. The SMILES string of the molecule is O=C(CSc1nc2ccccc2[nH]1)N/N=C/C=C\c1ccco1. The molecular formula is C16H14N4O2S. The number of nitrogens with one attached hydrogen (secondary N) is 2. The number of allylic oxidation sites excluding steroid dienone is 1. The largest absolute Gasteiger partial charge is 0.465 e. The van der Waals surface area contributed by atoms with Gasteiger partial charge in [-0.1, -0.05) is 23.9 Å². The minimum atomic E-state index is -0.196. The Hall–Kier alpha value is -2.80. The first-order chi connectivity index (χ1) is 11.3. The number of benzene rings is 1. The van der Waals surface area contributed by atoms with Gasteiger partial charge in [0.15, 0.2) is 5.16 Å².